The molecular formula is C13H18O3. The Balaban J connectivity index is 2.51. The van der Waals surface area contributed by atoms with Crippen LogP contribution in [0.15, 0.2) is 6.07 Å². The Morgan fingerprint density at radius 1 is 1.44 bits per heavy atom. The van der Waals surface area contributed by atoms with Gasteiger partial charge in [0.15, 0.2) is 0 Å². The summed E-state index contributed by atoms with van der Waals surface area (Å²) >= 11 is 0. The van der Waals surface area contributed by atoms with Crippen molar-refractivity contribution >= 4 is 0 Å². The van der Waals surface area contributed by atoms with Crippen LogP contribution in [0, 0.1) is 13.8 Å². The maximum absolute atomic E-state index is 9.74. The monoisotopic (exact) mass is 222 g/mol. The van der Waals surface area contributed by atoms with Crippen molar-refractivity contribution in [2.24, 2.45) is 0 Å². The van der Waals surface area contributed by atoms with Crippen LogP contribution in [0.25, 0.3) is 0 Å². The number of phenols is 1. The third-order valence-corrected chi connectivity index (χ3v) is 3.41. The van der Waals surface area contributed by atoms with Crippen LogP contribution < -0.4 is 4.74 Å². The summed E-state index contributed by atoms with van der Waals surface area (Å²) in [5.41, 5.74) is 2.41. The lowest BCUT2D eigenvalue weighted by atomic mass is 9.89. The van der Waals surface area contributed by atoms with E-state index in [4.69, 9.17) is 4.74 Å². The maximum Gasteiger partial charge on any atom is 0.129 e. The third-order valence-electron chi connectivity index (χ3n) is 3.41. The van der Waals surface area contributed by atoms with Gasteiger partial charge in [0.05, 0.1) is 6.61 Å². The van der Waals surface area contributed by atoms with Crippen LogP contribution in [0.2, 0.25) is 0 Å². The molecule has 2 rings (SSSR count). The molecule has 0 aliphatic carbocycles. The van der Waals surface area contributed by atoms with E-state index in [9.17, 15) is 10.2 Å². The van der Waals surface area contributed by atoms with Gasteiger partial charge in [-0.15, -0.1) is 0 Å². The van der Waals surface area contributed by atoms with Crippen molar-refractivity contribution < 1.29 is 14.9 Å². The largest absolute Gasteiger partial charge is 0.508 e. The van der Waals surface area contributed by atoms with Crippen LogP contribution in [0.4, 0.5) is 0 Å². The molecule has 1 heterocycles. The number of fused-ring (bicyclic) bond motifs is 1. The lowest BCUT2D eigenvalue weighted by molar-refractivity contribution is 0.00726. The molecule has 1 atom stereocenters. The standard InChI is InChI=1S/C13H18O3/c1-8-6-11(15)9(2)10-4-5-13(3,7-14)16-12(8)10/h6,14-15H,4-5,7H2,1-3H3/t13-/m1/s1. The summed E-state index contributed by atoms with van der Waals surface area (Å²) < 4.78 is 5.87. The lowest BCUT2D eigenvalue weighted by Crippen LogP contribution is -2.40. The van der Waals surface area contributed by atoms with Gasteiger partial charge >= 0.3 is 0 Å². The lowest BCUT2D eigenvalue weighted by Gasteiger charge is -2.36. The number of aliphatic hydroxyl groups is 1. The Morgan fingerprint density at radius 3 is 2.75 bits per heavy atom. The number of aryl methyl sites for hydroxylation is 1. The molecule has 3 nitrogen and oxygen atoms in total. The Morgan fingerprint density at radius 2 is 2.12 bits per heavy atom. The summed E-state index contributed by atoms with van der Waals surface area (Å²) in [6.07, 6.45) is 1.62. The van der Waals surface area contributed by atoms with Crippen LogP contribution in [0.3, 0.4) is 0 Å². The molecule has 0 amide bonds. The normalized spacial score (nSPS) is 23.8. The number of hydrogen-bond acceptors (Lipinski definition) is 3. The molecule has 0 radical (unpaired) electrons. The Kier molecular flexibility index (Phi) is 2.58. The van der Waals surface area contributed by atoms with Crippen molar-refractivity contribution in [2.45, 2.75) is 39.2 Å². The van der Waals surface area contributed by atoms with Crippen LogP contribution in [0.5, 0.6) is 11.5 Å². The maximum atomic E-state index is 9.74. The van der Waals surface area contributed by atoms with Crippen molar-refractivity contribution in [2.75, 3.05) is 6.61 Å². The summed E-state index contributed by atoms with van der Waals surface area (Å²) in [7, 11) is 0. The zero-order valence-electron chi connectivity index (χ0n) is 10.0. The average molecular weight is 222 g/mol. The summed E-state index contributed by atoms with van der Waals surface area (Å²) in [5.74, 6) is 1.16. The second-order valence-electron chi connectivity index (χ2n) is 4.86. The SMILES string of the molecule is Cc1cc(O)c(C)c2c1O[C@@](C)(CO)CC2. The fourth-order valence-corrected chi connectivity index (χ4v) is 2.18. The predicted molar refractivity (Wildman–Crippen MR) is 62.0 cm³/mol. The molecule has 0 spiro atoms. The molecule has 2 N–H and O–H groups in total. The number of hydrogen-bond donors (Lipinski definition) is 2. The Bertz CT molecular complexity index is 426. The van der Waals surface area contributed by atoms with Crippen molar-refractivity contribution in [1.29, 1.82) is 0 Å². The van der Waals surface area contributed by atoms with Crippen molar-refractivity contribution in [3.8, 4) is 11.5 Å². The molecule has 0 saturated carbocycles. The molecule has 0 fully saturated rings. The third kappa shape index (κ3) is 1.65. The van der Waals surface area contributed by atoms with Gasteiger partial charge in [-0.1, -0.05) is 0 Å². The van der Waals surface area contributed by atoms with E-state index in [0.29, 0.717) is 5.75 Å². The Hall–Kier alpha value is -1.22. The van der Waals surface area contributed by atoms with E-state index in [2.05, 4.69) is 0 Å². The van der Waals surface area contributed by atoms with Gasteiger partial charge in [0.25, 0.3) is 0 Å². The molecule has 1 aliphatic rings. The number of rotatable bonds is 1. The second-order valence-corrected chi connectivity index (χ2v) is 4.86. The zero-order valence-corrected chi connectivity index (χ0v) is 10.0. The van der Waals surface area contributed by atoms with Gasteiger partial charge in [-0.2, -0.15) is 0 Å². The van der Waals surface area contributed by atoms with Gasteiger partial charge < -0.3 is 14.9 Å². The van der Waals surface area contributed by atoms with Gasteiger partial charge in [0.2, 0.25) is 0 Å². The summed E-state index contributed by atoms with van der Waals surface area (Å²) in [4.78, 5) is 0. The average Bonchev–Trinajstić information content (AvgIpc) is 2.26. The smallest absolute Gasteiger partial charge is 0.129 e. The fourth-order valence-electron chi connectivity index (χ4n) is 2.18. The van der Waals surface area contributed by atoms with Crippen molar-refractivity contribution in [3.05, 3.63) is 22.8 Å². The van der Waals surface area contributed by atoms with Crippen LogP contribution in [-0.4, -0.2) is 22.4 Å². The van der Waals surface area contributed by atoms with E-state index >= 15 is 0 Å². The summed E-state index contributed by atoms with van der Waals surface area (Å²) in [6, 6.07) is 1.72. The van der Waals surface area contributed by atoms with Crippen LogP contribution in [-0.2, 0) is 6.42 Å². The molecule has 88 valence electrons. The molecular weight excluding hydrogens is 204 g/mol. The molecule has 0 unspecified atom stereocenters. The number of aliphatic hydroxyl groups excluding tert-OH is 1. The van der Waals surface area contributed by atoms with E-state index in [1.54, 1.807) is 6.07 Å². The molecule has 1 aromatic carbocycles. The van der Waals surface area contributed by atoms with E-state index in [-0.39, 0.29) is 6.61 Å². The van der Waals surface area contributed by atoms with Crippen molar-refractivity contribution in [3.63, 3.8) is 0 Å². The highest BCUT2D eigenvalue weighted by atomic mass is 16.5. The van der Waals surface area contributed by atoms with E-state index in [1.165, 1.54) is 0 Å². The zero-order chi connectivity index (χ0) is 11.9. The van der Waals surface area contributed by atoms with Crippen molar-refractivity contribution in [1.82, 2.24) is 0 Å². The molecule has 3 heteroatoms. The molecule has 1 aliphatic heterocycles. The van der Waals surface area contributed by atoms with Gasteiger partial charge in [-0.3, -0.25) is 0 Å². The summed E-state index contributed by atoms with van der Waals surface area (Å²) in [6.45, 7) is 5.75. The molecule has 0 aromatic heterocycles. The molecule has 0 saturated heterocycles. The van der Waals surface area contributed by atoms with Gasteiger partial charge in [0.1, 0.15) is 17.1 Å². The van der Waals surface area contributed by atoms with Gasteiger partial charge in [0, 0.05) is 5.56 Å². The minimum absolute atomic E-state index is 0.0196. The van der Waals surface area contributed by atoms with E-state index in [1.807, 2.05) is 20.8 Å². The summed E-state index contributed by atoms with van der Waals surface area (Å²) in [5, 5.41) is 19.1. The quantitative estimate of drug-likeness (QED) is 0.765. The molecule has 16 heavy (non-hydrogen) atoms. The first-order valence-corrected chi connectivity index (χ1v) is 5.59. The highest BCUT2D eigenvalue weighted by molar-refractivity contribution is 5.53. The van der Waals surface area contributed by atoms with Crippen LogP contribution in [0.1, 0.15) is 30.0 Å². The molecule has 0 bridgehead atoms. The first-order valence-electron chi connectivity index (χ1n) is 5.59. The van der Waals surface area contributed by atoms with E-state index < -0.39 is 5.60 Å². The highest BCUT2D eigenvalue weighted by Gasteiger charge is 2.33. The first kappa shape index (κ1) is 11.3. The first-order chi connectivity index (χ1) is 7.47. The number of phenolic OH excluding ortho intramolecular Hbond substituents is 1. The molecule has 1 aromatic rings. The highest BCUT2D eigenvalue weighted by Crippen LogP contribution is 2.40. The minimum Gasteiger partial charge on any atom is -0.508 e. The van der Waals surface area contributed by atoms with Gasteiger partial charge in [-0.05, 0) is 50.8 Å². The van der Waals surface area contributed by atoms with Crippen LogP contribution >= 0.6 is 0 Å². The fraction of sp³-hybridized carbons (Fsp3) is 0.538. The topological polar surface area (TPSA) is 49.7 Å². The second kappa shape index (κ2) is 3.67. The predicted octanol–water partition coefficient (Wildman–Crippen LogP) is 2.09. The number of benzene rings is 1. The van der Waals surface area contributed by atoms with E-state index in [0.717, 1.165) is 35.3 Å². The minimum atomic E-state index is -0.485. The number of aromatic hydroxyl groups is 1. The Labute approximate surface area is 95.7 Å². The van der Waals surface area contributed by atoms with Gasteiger partial charge in [-0.25, -0.2) is 0 Å². The number of ether oxygens (including phenoxy) is 1.